The van der Waals surface area contributed by atoms with E-state index in [4.69, 9.17) is 15.2 Å². The number of nitrogens with one attached hydrogen (secondary N) is 1. The quantitative estimate of drug-likeness (QED) is 0.445. The molecule has 0 radical (unpaired) electrons. The van der Waals surface area contributed by atoms with Crippen molar-refractivity contribution < 1.29 is 14.1 Å². The number of ether oxygens (including phenoxy) is 2. The molecule has 2 aromatic rings. The molecular formula is C14H17N5O3S. The van der Waals surface area contributed by atoms with Gasteiger partial charge in [0.15, 0.2) is 16.6 Å². The zero-order valence-corrected chi connectivity index (χ0v) is 13.6. The van der Waals surface area contributed by atoms with Gasteiger partial charge in [0.2, 0.25) is 0 Å². The van der Waals surface area contributed by atoms with Gasteiger partial charge in [-0.2, -0.15) is 5.10 Å². The lowest BCUT2D eigenvalue weighted by Crippen LogP contribution is -2.23. The maximum absolute atomic E-state index is 5.72. The first-order valence-corrected chi connectivity index (χ1v) is 7.27. The van der Waals surface area contributed by atoms with Gasteiger partial charge in [0, 0.05) is 0 Å². The molecule has 9 heteroatoms. The van der Waals surface area contributed by atoms with Crippen LogP contribution in [0.5, 0.6) is 11.5 Å². The molecule has 0 spiro atoms. The van der Waals surface area contributed by atoms with E-state index >= 15 is 0 Å². The van der Waals surface area contributed by atoms with Crippen molar-refractivity contribution in [3.05, 3.63) is 35.2 Å². The van der Waals surface area contributed by atoms with Gasteiger partial charge >= 0.3 is 0 Å². The Hall–Kier alpha value is -2.68. The summed E-state index contributed by atoms with van der Waals surface area (Å²) < 4.78 is 16.0. The normalized spacial score (nSPS) is 10.7. The van der Waals surface area contributed by atoms with Crippen LogP contribution in [0.25, 0.3) is 0 Å². The van der Waals surface area contributed by atoms with E-state index in [0.29, 0.717) is 29.5 Å². The van der Waals surface area contributed by atoms with E-state index in [2.05, 4.69) is 37.7 Å². The summed E-state index contributed by atoms with van der Waals surface area (Å²) in [7, 11) is 0. The fourth-order valence-electron chi connectivity index (χ4n) is 1.69. The minimum atomic E-state index is 0.0998. The summed E-state index contributed by atoms with van der Waals surface area (Å²) in [6, 6.07) is 5.42. The minimum Gasteiger partial charge on any atom is -0.490 e. The van der Waals surface area contributed by atoms with Gasteiger partial charge in [0.05, 0.1) is 12.8 Å². The first-order valence-electron chi connectivity index (χ1n) is 6.86. The average molecular weight is 335 g/mol. The highest BCUT2D eigenvalue weighted by Gasteiger charge is 2.10. The molecule has 0 fully saturated rings. The topological polar surface area (TPSA) is 108 Å². The predicted molar refractivity (Wildman–Crippen MR) is 88.5 cm³/mol. The van der Waals surface area contributed by atoms with Crippen LogP contribution < -0.4 is 20.6 Å². The Labute approximate surface area is 138 Å². The van der Waals surface area contributed by atoms with E-state index in [1.807, 2.05) is 13.0 Å². The maximum atomic E-state index is 5.72. The van der Waals surface area contributed by atoms with Crippen LogP contribution in [-0.2, 0) is 6.61 Å². The number of rotatable bonds is 7. The Morgan fingerprint density at radius 1 is 1.39 bits per heavy atom. The van der Waals surface area contributed by atoms with Crippen LogP contribution in [0, 0.1) is 6.92 Å². The summed E-state index contributed by atoms with van der Waals surface area (Å²) in [6.07, 6.45) is 1.58. The van der Waals surface area contributed by atoms with Crippen molar-refractivity contribution in [2.24, 2.45) is 10.8 Å². The van der Waals surface area contributed by atoms with Crippen LogP contribution in [0.15, 0.2) is 27.9 Å². The summed E-state index contributed by atoms with van der Waals surface area (Å²) >= 11 is 4.67. The molecule has 1 heterocycles. The summed E-state index contributed by atoms with van der Waals surface area (Å²) in [6.45, 7) is 4.44. The van der Waals surface area contributed by atoms with E-state index < -0.39 is 0 Å². The smallest absolute Gasteiger partial charge is 0.184 e. The molecule has 1 aromatic carbocycles. The summed E-state index contributed by atoms with van der Waals surface area (Å²) in [5, 5.41) is 11.5. The van der Waals surface area contributed by atoms with Crippen LogP contribution in [0.4, 0.5) is 0 Å². The SMILES string of the molecule is CCOc1cc(/C=N/NC(N)=S)ccc1OCc1nonc1C. The molecule has 2 rings (SSSR count). The van der Waals surface area contributed by atoms with Crippen molar-refractivity contribution >= 4 is 23.5 Å². The van der Waals surface area contributed by atoms with Gasteiger partial charge in [-0.05, 0) is 49.8 Å². The number of benzene rings is 1. The van der Waals surface area contributed by atoms with Crippen molar-refractivity contribution in [1.82, 2.24) is 15.7 Å². The third-order valence-electron chi connectivity index (χ3n) is 2.77. The molecule has 0 bridgehead atoms. The lowest BCUT2D eigenvalue weighted by Gasteiger charge is -2.11. The highest BCUT2D eigenvalue weighted by Crippen LogP contribution is 2.28. The molecule has 0 saturated carbocycles. The highest BCUT2D eigenvalue weighted by atomic mass is 32.1. The van der Waals surface area contributed by atoms with Gasteiger partial charge in [-0.15, -0.1) is 0 Å². The molecule has 0 aliphatic rings. The fraction of sp³-hybridized carbons (Fsp3) is 0.286. The van der Waals surface area contributed by atoms with E-state index in [-0.39, 0.29) is 11.7 Å². The van der Waals surface area contributed by atoms with E-state index in [9.17, 15) is 0 Å². The Balaban J connectivity index is 2.10. The van der Waals surface area contributed by atoms with Gasteiger partial charge in [0.1, 0.15) is 18.0 Å². The number of aromatic nitrogens is 2. The number of nitrogens with two attached hydrogens (primary N) is 1. The third kappa shape index (κ3) is 4.92. The number of thiocarbonyl (C=S) groups is 1. The van der Waals surface area contributed by atoms with Crippen molar-refractivity contribution in [3.63, 3.8) is 0 Å². The Kier molecular flexibility index (Phi) is 5.87. The molecule has 8 nitrogen and oxygen atoms in total. The van der Waals surface area contributed by atoms with E-state index in [1.54, 1.807) is 25.3 Å². The van der Waals surface area contributed by atoms with Gasteiger partial charge < -0.3 is 15.2 Å². The lowest BCUT2D eigenvalue weighted by molar-refractivity contribution is 0.253. The number of hydrogen-bond donors (Lipinski definition) is 2. The van der Waals surface area contributed by atoms with Crippen molar-refractivity contribution in [3.8, 4) is 11.5 Å². The molecule has 122 valence electrons. The maximum Gasteiger partial charge on any atom is 0.184 e. The van der Waals surface area contributed by atoms with Crippen LogP contribution in [0.3, 0.4) is 0 Å². The van der Waals surface area contributed by atoms with Crippen LogP contribution in [0.1, 0.15) is 23.9 Å². The zero-order chi connectivity index (χ0) is 16.7. The number of hydrazone groups is 1. The van der Waals surface area contributed by atoms with Crippen molar-refractivity contribution in [2.45, 2.75) is 20.5 Å². The van der Waals surface area contributed by atoms with Crippen LogP contribution in [0.2, 0.25) is 0 Å². The van der Waals surface area contributed by atoms with E-state index in [0.717, 1.165) is 5.56 Å². The molecule has 0 atom stereocenters. The van der Waals surface area contributed by atoms with E-state index in [1.165, 1.54) is 0 Å². The summed E-state index contributed by atoms with van der Waals surface area (Å²) in [4.78, 5) is 0. The average Bonchev–Trinajstić information content (AvgIpc) is 2.92. The molecule has 0 saturated heterocycles. The second-order valence-corrected chi connectivity index (χ2v) is 4.90. The van der Waals surface area contributed by atoms with Crippen molar-refractivity contribution in [2.75, 3.05) is 6.61 Å². The first kappa shape index (κ1) is 16.7. The van der Waals surface area contributed by atoms with Crippen molar-refractivity contribution in [1.29, 1.82) is 0 Å². The fourth-order valence-corrected chi connectivity index (χ4v) is 1.74. The molecule has 0 unspecified atom stereocenters. The number of hydrogen-bond acceptors (Lipinski definition) is 7. The predicted octanol–water partition coefficient (Wildman–Crippen LogP) is 1.52. The third-order valence-corrected chi connectivity index (χ3v) is 2.86. The summed E-state index contributed by atoms with van der Waals surface area (Å²) in [5.41, 5.74) is 9.93. The standard InChI is InChI=1S/C14H17N5O3S/c1-3-20-13-6-10(7-16-17-14(15)23)4-5-12(13)21-8-11-9(2)18-22-19-11/h4-7H,3,8H2,1-2H3,(H3,15,17,23)/b16-7+. The van der Waals surface area contributed by atoms with Crippen LogP contribution in [-0.4, -0.2) is 28.2 Å². The monoisotopic (exact) mass is 335 g/mol. The van der Waals surface area contributed by atoms with Gasteiger partial charge in [0.25, 0.3) is 0 Å². The highest BCUT2D eigenvalue weighted by molar-refractivity contribution is 7.80. The van der Waals surface area contributed by atoms with Gasteiger partial charge in [-0.1, -0.05) is 10.3 Å². The van der Waals surface area contributed by atoms with Gasteiger partial charge in [-0.3, -0.25) is 5.43 Å². The Morgan fingerprint density at radius 2 is 2.22 bits per heavy atom. The minimum absolute atomic E-state index is 0.0998. The number of aryl methyl sites for hydroxylation is 1. The summed E-state index contributed by atoms with van der Waals surface area (Å²) in [5.74, 6) is 1.19. The molecule has 0 aliphatic carbocycles. The molecule has 0 amide bonds. The Morgan fingerprint density at radius 3 is 2.87 bits per heavy atom. The molecule has 3 N–H and O–H groups in total. The second kappa shape index (κ2) is 8.08. The van der Waals surface area contributed by atoms with Crippen LogP contribution >= 0.6 is 12.2 Å². The Bertz CT molecular complexity index is 701. The first-order chi connectivity index (χ1) is 11.1. The zero-order valence-electron chi connectivity index (χ0n) is 12.8. The number of nitrogens with zero attached hydrogens (tertiary/aromatic N) is 3. The molecule has 23 heavy (non-hydrogen) atoms. The molecule has 0 aliphatic heterocycles. The molecular weight excluding hydrogens is 318 g/mol. The largest absolute Gasteiger partial charge is 0.490 e. The lowest BCUT2D eigenvalue weighted by atomic mass is 10.2. The van der Waals surface area contributed by atoms with Gasteiger partial charge in [-0.25, -0.2) is 4.63 Å². The second-order valence-electron chi connectivity index (χ2n) is 4.46. The molecule has 1 aromatic heterocycles.